The summed E-state index contributed by atoms with van der Waals surface area (Å²) in [7, 11) is 1.44. The number of ether oxygens (including phenoxy) is 2. The van der Waals surface area contributed by atoms with Gasteiger partial charge in [-0.15, -0.1) is 0 Å². The van der Waals surface area contributed by atoms with Crippen LogP contribution >= 0.6 is 0 Å². The van der Waals surface area contributed by atoms with Crippen molar-refractivity contribution in [2.75, 3.05) is 17.7 Å². The molecule has 0 spiro atoms. The van der Waals surface area contributed by atoms with Crippen LogP contribution in [0.5, 0.6) is 11.5 Å². The van der Waals surface area contributed by atoms with Gasteiger partial charge in [0.2, 0.25) is 5.91 Å². The summed E-state index contributed by atoms with van der Waals surface area (Å²) in [6, 6.07) is 13.2. The van der Waals surface area contributed by atoms with Crippen molar-refractivity contribution in [2.24, 2.45) is 5.92 Å². The van der Waals surface area contributed by atoms with E-state index >= 15 is 0 Å². The van der Waals surface area contributed by atoms with Gasteiger partial charge in [0.25, 0.3) is 5.91 Å². The molecule has 8 nitrogen and oxygen atoms in total. The van der Waals surface area contributed by atoms with Gasteiger partial charge in [-0.05, 0) is 60.9 Å². The average molecular weight is 419 g/mol. The van der Waals surface area contributed by atoms with Crippen LogP contribution in [-0.4, -0.2) is 24.9 Å². The fourth-order valence-electron chi connectivity index (χ4n) is 2.72. The minimum Gasteiger partial charge on any atom is -0.493 e. The van der Waals surface area contributed by atoms with Crippen molar-refractivity contribution in [3.8, 4) is 17.6 Å². The SMILES string of the molecule is COc1cc(/C=C(\C#N)C(=O)Nc2ccc(NC(C)=O)cc2)ccc1OC(=O)C1CC1. The van der Waals surface area contributed by atoms with Crippen LogP contribution in [-0.2, 0) is 14.4 Å². The number of amides is 2. The molecule has 2 aromatic rings. The van der Waals surface area contributed by atoms with Crippen molar-refractivity contribution in [2.45, 2.75) is 19.8 Å². The molecule has 0 aromatic heterocycles. The number of methoxy groups -OCH3 is 1. The van der Waals surface area contributed by atoms with Gasteiger partial charge in [-0.25, -0.2) is 0 Å². The summed E-state index contributed by atoms with van der Waals surface area (Å²) < 4.78 is 10.6. The molecule has 0 aliphatic heterocycles. The number of hydrogen-bond acceptors (Lipinski definition) is 6. The van der Waals surface area contributed by atoms with E-state index in [1.165, 1.54) is 20.1 Å². The van der Waals surface area contributed by atoms with Crippen LogP contribution in [0.1, 0.15) is 25.3 Å². The second-order valence-electron chi connectivity index (χ2n) is 6.99. The summed E-state index contributed by atoms with van der Waals surface area (Å²) in [5.41, 5.74) is 1.49. The van der Waals surface area contributed by atoms with Crippen LogP contribution in [0.4, 0.5) is 11.4 Å². The molecule has 1 fully saturated rings. The Kier molecular flexibility index (Phi) is 6.67. The molecule has 0 radical (unpaired) electrons. The Labute approximate surface area is 179 Å². The number of carbonyl (C=O) groups excluding carboxylic acids is 3. The van der Waals surface area contributed by atoms with Gasteiger partial charge in [-0.3, -0.25) is 14.4 Å². The molecular weight excluding hydrogens is 398 g/mol. The second kappa shape index (κ2) is 9.59. The Hall–Kier alpha value is -4.12. The van der Waals surface area contributed by atoms with E-state index < -0.39 is 5.91 Å². The molecule has 2 amide bonds. The first-order valence-corrected chi connectivity index (χ1v) is 9.60. The molecule has 2 N–H and O–H groups in total. The van der Waals surface area contributed by atoms with Gasteiger partial charge >= 0.3 is 5.97 Å². The average Bonchev–Trinajstić information content (AvgIpc) is 3.59. The minimum absolute atomic E-state index is 0.0505. The van der Waals surface area contributed by atoms with Gasteiger partial charge in [0, 0.05) is 18.3 Å². The summed E-state index contributed by atoms with van der Waals surface area (Å²) in [5.74, 6) is -0.505. The topological polar surface area (TPSA) is 118 Å². The molecule has 158 valence electrons. The van der Waals surface area contributed by atoms with Crippen LogP contribution in [0.25, 0.3) is 6.08 Å². The first-order chi connectivity index (χ1) is 14.9. The number of hydrogen-bond donors (Lipinski definition) is 2. The van der Waals surface area contributed by atoms with E-state index in [9.17, 15) is 19.6 Å². The fourth-order valence-corrected chi connectivity index (χ4v) is 2.72. The standard InChI is InChI=1S/C23H21N3O5/c1-14(27)25-18-6-8-19(9-7-18)26-22(28)17(13-24)11-15-3-10-20(21(12-15)30-2)31-23(29)16-4-5-16/h3,6-12,16H,4-5H2,1-2H3,(H,25,27)(H,26,28)/b17-11+. The summed E-state index contributed by atoms with van der Waals surface area (Å²) in [6.45, 7) is 1.40. The van der Waals surface area contributed by atoms with Crippen molar-refractivity contribution >= 4 is 35.2 Å². The largest absolute Gasteiger partial charge is 0.493 e. The molecule has 1 aliphatic rings. The van der Waals surface area contributed by atoms with Crippen LogP contribution in [0, 0.1) is 17.2 Å². The smallest absolute Gasteiger partial charge is 0.314 e. The first kappa shape index (κ1) is 21.6. The number of nitriles is 1. The second-order valence-corrected chi connectivity index (χ2v) is 6.99. The summed E-state index contributed by atoms with van der Waals surface area (Å²) in [4.78, 5) is 35.4. The van der Waals surface area contributed by atoms with E-state index in [0.29, 0.717) is 28.4 Å². The van der Waals surface area contributed by atoms with E-state index in [0.717, 1.165) is 12.8 Å². The van der Waals surface area contributed by atoms with Crippen molar-refractivity contribution in [1.29, 1.82) is 5.26 Å². The number of esters is 1. The summed E-state index contributed by atoms with van der Waals surface area (Å²) in [5, 5.41) is 14.7. The van der Waals surface area contributed by atoms with Gasteiger partial charge in [0.15, 0.2) is 11.5 Å². The van der Waals surface area contributed by atoms with Crippen LogP contribution in [0.3, 0.4) is 0 Å². The third kappa shape index (κ3) is 5.93. The van der Waals surface area contributed by atoms with E-state index in [4.69, 9.17) is 9.47 Å². The van der Waals surface area contributed by atoms with Crippen molar-refractivity contribution in [3.05, 3.63) is 53.6 Å². The van der Waals surface area contributed by atoms with Gasteiger partial charge in [0.05, 0.1) is 13.0 Å². The molecule has 0 saturated heterocycles. The Balaban J connectivity index is 1.72. The Morgan fingerprint density at radius 3 is 2.23 bits per heavy atom. The van der Waals surface area contributed by atoms with E-state index in [1.54, 1.807) is 42.5 Å². The molecule has 0 heterocycles. The number of nitrogens with zero attached hydrogens (tertiary/aromatic N) is 1. The molecule has 2 aromatic carbocycles. The third-order valence-electron chi connectivity index (χ3n) is 4.45. The summed E-state index contributed by atoms with van der Waals surface area (Å²) in [6.07, 6.45) is 3.08. The Morgan fingerprint density at radius 1 is 1.03 bits per heavy atom. The van der Waals surface area contributed by atoms with Crippen LogP contribution in [0.15, 0.2) is 48.0 Å². The molecule has 31 heavy (non-hydrogen) atoms. The van der Waals surface area contributed by atoms with Crippen molar-refractivity contribution < 1.29 is 23.9 Å². The molecule has 8 heteroatoms. The zero-order valence-corrected chi connectivity index (χ0v) is 17.1. The quantitative estimate of drug-likeness (QED) is 0.307. The van der Waals surface area contributed by atoms with E-state index in [1.807, 2.05) is 6.07 Å². The number of nitrogens with one attached hydrogen (secondary N) is 2. The highest BCUT2D eigenvalue weighted by molar-refractivity contribution is 6.09. The Morgan fingerprint density at radius 2 is 1.68 bits per heavy atom. The normalized spacial score (nSPS) is 13.0. The maximum atomic E-state index is 12.5. The first-order valence-electron chi connectivity index (χ1n) is 9.60. The monoisotopic (exact) mass is 419 g/mol. The van der Waals surface area contributed by atoms with Crippen LogP contribution in [0.2, 0.25) is 0 Å². The van der Waals surface area contributed by atoms with E-state index in [2.05, 4.69) is 10.6 Å². The number of carbonyl (C=O) groups is 3. The molecule has 1 saturated carbocycles. The van der Waals surface area contributed by atoms with Crippen molar-refractivity contribution in [3.63, 3.8) is 0 Å². The molecule has 0 unspecified atom stereocenters. The van der Waals surface area contributed by atoms with E-state index in [-0.39, 0.29) is 23.4 Å². The Bertz CT molecular complexity index is 1080. The third-order valence-corrected chi connectivity index (χ3v) is 4.45. The maximum absolute atomic E-state index is 12.5. The van der Waals surface area contributed by atoms with Gasteiger partial charge < -0.3 is 20.1 Å². The number of anilines is 2. The molecular formula is C23H21N3O5. The lowest BCUT2D eigenvalue weighted by Crippen LogP contribution is -2.13. The van der Waals surface area contributed by atoms with Crippen molar-refractivity contribution in [1.82, 2.24) is 0 Å². The van der Waals surface area contributed by atoms with Crippen LogP contribution < -0.4 is 20.1 Å². The lowest BCUT2D eigenvalue weighted by atomic mass is 10.1. The zero-order valence-electron chi connectivity index (χ0n) is 17.1. The molecule has 3 rings (SSSR count). The minimum atomic E-state index is -0.585. The zero-order chi connectivity index (χ0) is 22.4. The number of rotatable bonds is 7. The van der Waals surface area contributed by atoms with Gasteiger partial charge in [-0.1, -0.05) is 6.07 Å². The molecule has 0 bridgehead atoms. The lowest BCUT2D eigenvalue weighted by molar-refractivity contribution is -0.135. The molecule has 1 aliphatic carbocycles. The molecule has 0 atom stereocenters. The maximum Gasteiger partial charge on any atom is 0.314 e. The van der Waals surface area contributed by atoms with Gasteiger partial charge in [0.1, 0.15) is 11.6 Å². The highest BCUT2D eigenvalue weighted by Crippen LogP contribution is 2.34. The fraction of sp³-hybridized carbons (Fsp3) is 0.217. The summed E-state index contributed by atoms with van der Waals surface area (Å²) >= 11 is 0. The lowest BCUT2D eigenvalue weighted by Gasteiger charge is -2.10. The number of benzene rings is 2. The highest BCUT2D eigenvalue weighted by atomic mass is 16.6. The predicted octanol–water partition coefficient (Wildman–Crippen LogP) is 3.51. The predicted molar refractivity (Wildman–Crippen MR) is 114 cm³/mol. The highest BCUT2D eigenvalue weighted by Gasteiger charge is 2.32. The van der Waals surface area contributed by atoms with Gasteiger partial charge in [-0.2, -0.15) is 5.26 Å².